The van der Waals surface area contributed by atoms with E-state index in [2.05, 4.69) is 0 Å². The summed E-state index contributed by atoms with van der Waals surface area (Å²) in [7, 11) is 1.60. The van der Waals surface area contributed by atoms with Crippen LogP contribution in [0.3, 0.4) is 0 Å². The first-order chi connectivity index (χ1) is 9.74. The van der Waals surface area contributed by atoms with E-state index >= 15 is 0 Å². The Hall–Kier alpha value is -1.75. The molecule has 0 bridgehead atoms. The molecule has 0 aliphatic carbocycles. The molecule has 1 aromatic carbocycles. The van der Waals surface area contributed by atoms with Crippen LogP contribution in [0.1, 0.15) is 12.8 Å². The maximum absolute atomic E-state index is 12.0. The van der Waals surface area contributed by atoms with Gasteiger partial charge in [0.05, 0.1) is 20.1 Å². The molecule has 1 heterocycles. The fraction of sp³-hybridized carbons (Fsp3) is 0.533. The maximum atomic E-state index is 12.0. The summed E-state index contributed by atoms with van der Waals surface area (Å²) in [4.78, 5) is 13.9. The van der Waals surface area contributed by atoms with E-state index in [1.807, 2.05) is 29.2 Å². The molecule has 1 aliphatic heterocycles. The van der Waals surface area contributed by atoms with Gasteiger partial charge in [0.2, 0.25) is 5.91 Å². The maximum Gasteiger partial charge on any atom is 0.226 e. The summed E-state index contributed by atoms with van der Waals surface area (Å²) in [5.74, 6) is 1.94. The normalized spacial score (nSPS) is 18.1. The Bertz CT molecular complexity index is 450. The van der Waals surface area contributed by atoms with Crippen molar-refractivity contribution in [3.8, 4) is 11.5 Å². The quantitative estimate of drug-likeness (QED) is 0.851. The number of carbonyl (C=O) groups excluding carboxylic acids is 1. The number of hydrogen-bond donors (Lipinski definition) is 1. The molecular weight excluding hydrogens is 256 g/mol. The van der Waals surface area contributed by atoms with E-state index in [0.29, 0.717) is 37.0 Å². The summed E-state index contributed by atoms with van der Waals surface area (Å²) in [6.07, 6.45) is 1.39. The molecule has 1 fully saturated rings. The predicted molar refractivity (Wildman–Crippen MR) is 76.8 cm³/mol. The number of carbonyl (C=O) groups is 1. The second-order valence-electron chi connectivity index (χ2n) is 4.98. The second-order valence-corrected chi connectivity index (χ2v) is 4.98. The van der Waals surface area contributed by atoms with Gasteiger partial charge >= 0.3 is 0 Å². The van der Waals surface area contributed by atoms with Crippen molar-refractivity contribution in [2.24, 2.45) is 11.7 Å². The first kappa shape index (κ1) is 14.7. The fourth-order valence-electron chi connectivity index (χ4n) is 2.40. The largest absolute Gasteiger partial charge is 0.493 e. The fourth-order valence-corrected chi connectivity index (χ4v) is 2.40. The molecule has 0 unspecified atom stereocenters. The van der Waals surface area contributed by atoms with Gasteiger partial charge < -0.3 is 20.1 Å². The molecular formula is C15H22N2O3. The minimum atomic E-state index is 0.135. The van der Waals surface area contributed by atoms with Crippen molar-refractivity contribution in [2.75, 3.05) is 33.4 Å². The Labute approximate surface area is 119 Å². The first-order valence-electron chi connectivity index (χ1n) is 6.98. The lowest BCUT2D eigenvalue weighted by Crippen LogP contribution is -2.30. The van der Waals surface area contributed by atoms with Crippen LogP contribution in [-0.2, 0) is 4.79 Å². The lowest BCUT2D eigenvalue weighted by molar-refractivity contribution is -0.130. The van der Waals surface area contributed by atoms with Gasteiger partial charge in [-0.2, -0.15) is 0 Å². The van der Waals surface area contributed by atoms with Gasteiger partial charge in [0.15, 0.2) is 11.5 Å². The minimum absolute atomic E-state index is 0.135. The van der Waals surface area contributed by atoms with Crippen LogP contribution >= 0.6 is 0 Å². The molecule has 2 rings (SSSR count). The number of rotatable bonds is 6. The lowest BCUT2D eigenvalue weighted by atomic mass is 10.1. The van der Waals surface area contributed by atoms with E-state index in [1.54, 1.807) is 7.11 Å². The van der Waals surface area contributed by atoms with Crippen molar-refractivity contribution in [1.29, 1.82) is 0 Å². The van der Waals surface area contributed by atoms with Crippen molar-refractivity contribution in [1.82, 2.24) is 4.90 Å². The van der Waals surface area contributed by atoms with Crippen molar-refractivity contribution in [3.05, 3.63) is 24.3 Å². The van der Waals surface area contributed by atoms with Crippen molar-refractivity contribution in [3.63, 3.8) is 0 Å². The number of benzene rings is 1. The molecule has 1 atom stereocenters. The van der Waals surface area contributed by atoms with Gasteiger partial charge in [-0.05, 0) is 31.0 Å². The van der Waals surface area contributed by atoms with Gasteiger partial charge in [0.1, 0.15) is 0 Å². The molecule has 110 valence electrons. The molecule has 1 aliphatic rings. The van der Waals surface area contributed by atoms with Crippen LogP contribution in [0.15, 0.2) is 24.3 Å². The van der Waals surface area contributed by atoms with Crippen molar-refractivity contribution in [2.45, 2.75) is 12.8 Å². The highest BCUT2D eigenvalue weighted by molar-refractivity contribution is 5.76. The van der Waals surface area contributed by atoms with E-state index in [4.69, 9.17) is 15.2 Å². The summed E-state index contributed by atoms with van der Waals surface area (Å²) in [5.41, 5.74) is 5.63. The number of para-hydroxylation sites is 2. The number of nitrogens with zero attached hydrogens (tertiary/aromatic N) is 1. The van der Waals surface area contributed by atoms with Gasteiger partial charge in [-0.25, -0.2) is 0 Å². The second kappa shape index (κ2) is 7.14. The smallest absolute Gasteiger partial charge is 0.226 e. The molecule has 1 saturated heterocycles. The van der Waals surface area contributed by atoms with Crippen LogP contribution in [0, 0.1) is 5.92 Å². The number of likely N-dealkylation sites (tertiary alicyclic amines) is 1. The van der Waals surface area contributed by atoms with E-state index in [1.165, 1.54) is 0 Å². The molecule has 0 radical (unpaired) electrons. The Morgan fingerprint density at radius 1 is 1.40 bits per heavy atom. The molecule has 0 saturated carbocycles. The SMILES string of the molecule is COc1ccccc1OCCC(=O)N1CC[C@@H](CN)C1. The average Bonchev–Trinajstić information content (AvgIpc) is 2.96. The third kappa shape index (κ3) is 3.63. The molecule has 20 heavy (non-hydrogen) atoms. The van der Waals surface area contributed by atoms with Crippen LogP contribution in [0.4, 0.5) is 0 Å². The summed E-state index contributed by atoms with van der Waals surface area (Å²) in [6.45, 7) is 2.61. The highest BCUT2D eigenvalue weighted by Gasteiger charge is 2.24. The highest BCUT2D eigenvalue weighted by atomic mass is 16.5. The van der Waals surface area contributed by atoms with E-state index < -0.39 is 0 Å². The third-order valence-electron chi connectivity index (χ3n) is 3.61. The summed E-state index contributed by atoms with van der Waals surface area (Å²) in [5, 5.41) is 0. The van der Waals surface area contributed by atoms with Crippen LogP contribution in [0.25, 0.3) is 0 Å². The molecule has 2 N–H and O–H groups in total. The Morgan fingerprint density at radius 3 is 2.80 bits per heavy atom. The molecule has 0 spiro atoms. The lowest BCUT2D eigenvalue weighted by Gasteiger charge is -2.16. The molecule has 5 nitrogen and oxygen atoms in total. The first-order valence-corrected chi connectivity index (χ1v) is 6.98. The zero-order chi connectivity index (χ0) is 14.4. The molecule has 1 aromatic rings. The third-order valence-corrected chi connectivity index (χ3v) is 3.61. The number of methoxy groups -OCH3 is 1. The van der Waals surface area contributed by atoms with Gasteiger partial charge in [-0.1, -0.05) is 12.1 Å². The predicted octanol–water partition coefficient (Wildman–Crippen LogP) is 1.27. The highest BCUT2D eigenvalue weighted by Crippen LogP contribution is 2.26. The zero-order valence-corrected chi connectivity index (χ0v) is 11.9. The molecule has 1 amide bonds. The molecule has 5 heteroatoms. The van der Waals surface area contributed by atoms with Crippen molar-refractivity contribution < 1.29 is 14.3 Å². The van der Waals surface area contributed by atoms with Crippen LogP contribution in [0.5, 0.6) is 11.5 Å². The average molecular weight is 278 g/mol. The molecule has 0 aromatic heterocycles. The standard InChI is InChI=1S/C15H22N2O3/c1-19-13-4-2-3-5-14(13)20-9-7-15(18)17-8-6-12(10-16)11-17/h2-5,12H,6-11,16H2,1H3/t12-/m0/s1. The zero-order valence-electron chi connectivity index (χ0n) is 11.9. The number of ether oxygens (including phenoxy) is 2. The Balaban J connectivity index is 1.77. The number of nitrogens with two attached hydrogens (primary N) is 1. The Morgan fingerprint density at radius 2 is 2.15 bits per heavy atom. The van der Waals surface area contributed by atoms with Crippen molar-refractivity contribution >= 4 is 5.91 Å². The summed E-state index contributed by atoms with van der Waals surface area (Å²) < 4.78 is 10.8. The Kier molecular flexibility index (Phi) is 5.24. The number of amides is 1. The monoisotopic (exact) mass is 278 g/mol. The van der Waals surface area contributed by atoms with Crippen LogP contribution in [-0.4, -0.2) is 44.2 Å². The minimum Gasteiger partial charge on any atom is -0.493 e. The van der Waals surface area contributed by atoms with Gasteiger partial charge in [-0.15, -0.1) is 0 Å². The van der Waals surface area contributed by atoms with Gasteiger partial charge in [0, 0.05) is 13.1 Å². The number of hydrogen-bond acceptors (Lipinski definition) is 4. The van der Waals surface area contributed by atoms with E-state index in [9.17, 15) is 4.79 Å². The van der Waals surface area contributed by atoms with Gasteiger partial charge in [-0.3, -0.25) is 4.79 Å². The van der Waals surface area contributed by atoms with Crippen LogP contribution < -0.4 is 15.2 Å². The van der Waals surface area contributed by atoms with Crippen LogP contribution in [0.2, 0.25) is 0 Å². The van der Waals surface area contributed by atoms with E-state index in [-0.39, 0.29) is 5.91 Å². The van der Waals surface area contributed by atoms with E-state index in [0.717, 1.165) is 19.5 Å². The van der Waals surface area contributed by atoms with Gasteiger partial charge in [0.25, 0.3) is 0 Å². The summed E-state index contributed by atoms with van der Waals surface area (Å²) in [6, 6.07) is 7.44. The summed E-state index contributed by atoms with van der Waals surface area (Å²) >= 11 is 0. The topological polar surface area (TPSA) is 64.8 Å².